The molecule has 0 atom stereocenters. The standard InChI is InChI=1S/C9H12.2C2H6/c1-5-8(4)9(6-2)7-3;2*1-2/h5-7H,1-3H2,4H3;2*1-2H3. The number of hydrogen-bond acceptors (Lipinski definition) is 0. The molecule has 0 aliphatic carbocycles. The zero-order valence-electron chi connectivity index (χ0n) is 9.85. The number of hydrogen-bond donors (Lipinski definition) is 0. The van der Waals surface area contributed by atoms with Crippen LogP contribution in [-0.4, -0.2) is 0 Å². The van der Waals surface area contributed by atoms with Gasteiger partial charge in [-0.2, -0.15) is 0 Å². The molecule has 0 rings (SSSR count). The highest BCUT2D eigenvalue weighted by Gasteiger charge is 1.85. The summed E-state index contributed by atoms with van der Waals surface area (Å²) in [6.45, 7) is 20.8. The van der Waals surface area contributed by atoms with Crippen LogP contribution >= 0.6 is 0 Å². The molecule has 0 aromatic rings. The van der Waals surface area contributed by atoms with E-state index < -0.39 is 0 Å². The van der Waals surface area contributed by atoms with Gasteiger partial charge in [-0.3, -0.25) is 0 Å². The number of rotatable bonds is 3. The fourth-order valence-electron chi connectivity index (χ4n) is 0.523. The van der Waals surface area contributed by atoms with Crippen molar-refractivity contribution in [2.24, 2.45) is 0 Å². The summed E-state index contributed by atoms with van der Waals surface area (Å²) in [6, 6.07) is 0. The summed E-state index contributed by atoms with van der Waals surface area (Å²) < 4.78 is 0. The van der Waals surface area contributed by atoms with Crippen LogP contribution in [0, 0.1) is 0 Å². The normalized spacial score (nSPS) is 6.23. The minimum Gasteiger partial charge on any atom is -0.0988 e. The van der Waals surface area contributed by atoms with Gasteiger partial charge in [0.15, 0.2) is 0 Å². The van der Waals surface area contributed by atoms with Gasteiger partial charge >= 0.3 is 0 Å². The SMILES string of the molecule is C=CC(C)=C(C=C)C=C.CC.CC. The fourth-order valence-corrected chi connectivity index (χ4v) is 0.523. The third kappa shape index (κ3) is 11.0. The first-order valence-corrected chi connectivity index (χ1v) is 4.84. The average Bonchev–Trinajstić information content (AvgIpc) is 2.25. The molecular formula is C13H24. The van der Waals surface area contributed by atoms with Gasteiger partial charge in [0.2, 0.25) is 0 Å². The molecule has 0 aromatic heterocycles. The Hall–Kier alpha value is -1.04. The van der Waals surface area contributed by atoms with Crippen molar-refractivity contribution >= 4 is 0 Å². The quantitative estimate of drug-likeness (QED) is 0.541. The molecule has 0 radical (unpaired) electrons. The Morgan fingerprint density at radius 2 is 1.08 bits per heavy atom. The molecule has 0 heteroatoms. The Labute approximate surface area is 84.4 Å². The molecule has 0 fully saturated rings. The van der Waals surface area contributed by atoms with Crippen molar-refractivity contribution in [3.8, 4) is 0 Å². The van der Waals surface area contributed by atoms with Crippen LogP contribution in [0.25, 0.3) is 0 Å². The largest absolute Gasteiger partial charge is 0.0988 e. The van der Waals surface area contributed by atoms with Crippen LogP contribution < -0.4 is 0 Å². The van der Waals surface area contributed by atoms with Gasteiger partial charge in [0.25, 0.3) is 0 Å². The van der Waals surface area contributed by atoms with Crippen molar-refractivity contribution in [1.29, 1.82) is 0 Å². The lowest BCUT2D eigenvalue weighted by atomic mass is 10.1. The molecule has 13 heavy (non-hydrogen) atoms. The fraction of sp³-hybridized carbons (Fsp3) is 0.385. The monoisotopic (exact) mass is 180 g/mol. The number of allylic oxidation sites excluding steroid dienone is 5. The summed E-state index contributed by atoms with van der Waals surface area (Å²) in [4.78, 5) is 0. The van der Waals surface area contributed by atoms with E-state index in [4.69, 9.17) is 0 Å². The Morgan fingerprint density at radius 1 is 0.769 bits per heavy atom. The minimum absolute atomic E-state index is 1.05. The highest BCUT2D eigenvalue weighted by Crippen LogP contribution is 2.05. The third-order valence-electron chi connectivity index (χ3n) is 1.20. The molecule has 0 spiro atoms. The van der Waals surface area contributed by atoms with Gasteiger partial charge in [-0.25, -0.2) is 0 Å². The molecule has 0 nitrogen and oxygen atoms in total. The second-order valence-corrected chi connectivity index (χ2v) is 1.75. The molecule has 0 bridgehead atoms. The van der Waals surface area contributed by atoms with E-state index >= 15 is 0 Å². The zero-order chi connectivity index (χ0) is 11.3. The predicted molar refractivity (Wildman–Crippen MR) is 66.0 cm³/mol. The summed E-state index contributed by atoms with van der Waals surface area (Å²) >= 11 is 0. The zero-order valence-corrected chi connectivity index (χ0v) is 9.85. The van der Waals surface area contributed by atoms with Gasteiger partial charge in [0.1, 0.15) is 0 Å². The van der Waals surface area contributed by atoms with E-state index in [0.717, 1.165) is 11.1 Å². The van der Waals surface area contributed by atoms with E-state index in [-0.39, 0.29) is 0 Å². The molecular weight excluding hydrogens is 156 g/mol. The lowest BCUT2D eigenvalue weighted by Gasteiger charge is -1.94. The third-order valence-corrected chi connectivity index (χ3v) is 1.20. The van der Waals surface area contributed by atoms with Crippen molar-refractivity contribution in [2.75, 3.05) is 0 Å². The van der Waals surface area contributed by atoms with Crippen molar-refractivity contribution in [3.63, 3.8) is 0 Å². The van der Waals surface area contributed by atoms with Crippen molar-refractivity contribution in [3.05, 3.63) is 49.1 Å². The average molecular weight is 180 g/mol. The predicted octanol–water partition coefficient (Wildman–Crippen LogP) is 4.91. The molecule has 0 N–H and O–H groups in total. The second-order valence-electron chi connectivity index (χ2n) is 1.75. The molecule has 0 saturated carbocycles. The first kappa shape index (κ1) is 17.9. The van der Waals surface area contributed by atoms with Crippen LogP contribution in [0.5, 0.6) is 0 Å². The minimum atomic E-state index is 1.05. The molecule has 0 aromatic carbocycles. The Bertz CT molecular complexity index is 149. The van der Waals surface area contributed by atoms with E-state index in [9.17, 15) is 0 Å². The lowest BCUT2D eigenvalue weighted by Crippen LogP contribution is -1.74. The van der Waals surface area contributed by atoms with E-state index in [1.54, 1.807) is 18.2 Å². The Balaban J connectivity index is -0.000000218. The van der Waals surface area contributed by atoms with Crippen LogP contribution in [0.3, 0.4) is 0 Å². The summed E-state index contributed by atoms with van der Waals surface area (Å²) in [5.41, 5.74) is 2.16. The molecule has 0 aliphatic heterocycles. The summed E-state index contributed by atoms with van der Waals surface area (Å²) in [7, 11) is 0. The first-order valence-electron chi connectivity index (χ1n) is 4.84. The molecule has 0 unspecified atom stereocenters. The van der Waals surface area contributed by atoms with E-state index in [1.165, 1.54) is 0 Å². The highest BCUT2D eigenvalue weighted by atomic mass is 13.9. The summed E-state index contributed by atoms with van der Waals surface area (Å²) in [5, 5.41) is 0. The van der Waals surface area contributed by atoms with Crippen LogP contribution in [0.4, 0.5) is 0 Å². The van der Waals surface area contributed by atoms with Gasteiger partial charge in [-0.1, -0.05) is 65.7 Å². The Kier molecular flexibility index (Phi) is 23.6. The van der Waals surface area contributed by atoms with Crippen molar-refractivity contribution < 1.29 is 0 Å². The second kappa shape index (κ2) is 17.2. The molecule has 0 amide bonds. The maximum absolute atomic E-state index is 3.62. The highest BCUT2D eigenvalue weighted by molar-refractivity contribution is 5.36. The van der Waals surface area contributed by atoms with Gasteiger partial charge in [-0.05, 0) is 18.1 Å². The van der Waals surface area contributed by atoms with E-state index in [0.29, 0.717) is 0 Å². The van der Waals surface area contributed by atoms with Gasteiger partial charge < -0.3 is 0 Å². The lowest BCUT2D eigenvalue weighted by molar-refractivity contribution is 1.47. The summed E-state index contributed by atoms with van der Waals surface area (Å²) in [5.74, 6) is 0. The molecule has 0 heterocycles. The van der Waals surface area contributed by atoms with Crippen LogP contribution in [0.15, 0.2) is 49.1 Å². The van der Waals surface area contributed by atoms with E-state index in [2.05, 4.69) is 19.7 Å². The van der Waals surface area contributed by atoms with Crippen LogP contribution in [0.2, 0.25) is 0 Å². The van der Waals surface area contributed by atoms with Crippen LogP contribution in [0.1, 0.15) is 34.6 Å². The van der Waals surface area contributed by atoms with Gasteiger partial charge in [-0.15, -0.1) is 0 Å². The maximum atomic E-state index is 3.62. The van der Waals surface area contributed by atoms with Crippen LogP contribution in [-0.2, 0) is 0 Å². The van der Waals surface area contributed by atoms with Crippen molar-refractivity contribution in [1.82, 2.24) is 0 Å². The Morgan fingerprint density at radius 3 is 1.15 bits per heavy atom. The van der Waals surface area contributed by atoms with Gasteiger partial charge in [0, 0.05) is 0 Å². The van der Waals surface area contributed by atoms with E-state index in [1.807, 2.05) is 34.6 Å². The molecule has 0 aliphatic rings. The molecule has 0 saturated heterocycles. The molecule has 76 valence electrons. The van der Waals surface area contributed by atoms with Gasteiger partial charge in [0.05, 0.1) is 0 Å². The topological polar surface area (TPSA) is 0 Å². The maximum Gasteiger partial charge on any atom is -0.0239 e. The summed E-state index contributed by atoms with van der Waals surface area (Å²) in [6.07, 6.45) is 5.33. The van der Waals surface area contributed by atoms with Crippen molar-refractivity contribution in [2.45, 2.75) is 34.6 Å². The smallest absolute Gasteiger partial charge is 0.0239 e. The first-order chi connectivity index (χ1) is 6.26.